The largest absolute Gasteiger partial charge is 0.495 e. The molecule has 0 radical (unpaired) electrons. The number of rotatable bonds is 6. The van der Waals surface area contributed by atoms with E-state index in [-0.39, 0.29) is 0 Å². The quantitative estimate of drug-likeness (QED) is 0.794. The van der Waals surface area contributed by atoms with Gasteiger partial charge in [0.2, 0.25) is 0 Å². The summed E-state index contributed by atoms with van der Waals surface area (Å²) in [4.78, 5) is 0. The monoisotopic (exact) mass is 261 g/mol. The molecule has 2 nitrogen and oxygen atoms in total. The van der Waals surface area contributed by atoms with E-state index in [0.717, 1.165) is 37.8 Å². The molecule has 0 heterocycles. The molecule has 1 aromatic carbocycles. The molecule has 0 aliphatic rings. The van der Waals surface area contributed by atoms with Crippen molar-refractivity contribution in [3.05, 3.63) is 27.7 Å². The minimum absolute atomic E-state index is 0.500. The molecule has 0 aliphatic heterocycles. The number of hydrogen-bond acceptors (Lipinski definition) is 2. The number of ether oxygens (including phenoxy) is 1. The molecule has 0 bridgehead atoms. The van der Waals surface area contributed by atoms with E-state index >= 15 is 0 Å². The van der Waals surface area contributed by atoms with Crippen LogP contribution in [0.15, 0.2) is 12.1 Å². The molecule has 0 unspecified atom stereocenters. The number of unbranched alkanes of at least 4 members (excludes halogenated alkanes) is 2. The van der Waals surface area contributed by atoms with Gasteiger partial charge < -0.3 is 10.5 Å². The lowest BCUT2D eigenvalue weighted by molar-refractivity contribution is 0.415. The van der Waals surface area contributed by atoms with E-state index in [2.05, 4.69) is 0 Å². The molecule has 16 heavy (non-hydrogen) atoms. The molecule has 0 amide bonds. The minimum Gasteiger partial charge on any atom is -0.495 e. The number of methoxy groups -OCH3 is 1. The Morgan fingerprint density at radius 1 is 1.12 bits per heavy atom. The molecule has 90 valence electrons. The standard InChI is InChI=1S/C12H17Cl2NO/c1-16-10-7-6-9(11(13)12(10)14)5-3-2-4-8-15/h6-7H,2-5,8,15H2,1H3. The maximum Gasteiger partial charge on any atom is 0.138 e. The van der Waals surface area contributed by atoms with Gasteiger partial charge in [0.1, 0.15) is 10.8 Å². The van der Waals surface area contributed by atoms with Gasteiger partial charge in [-0.25, -0.2) is 0 Å². The first-order chi connectivity index (χ1) is 7.70. The second-order valence-corrected chi connectivity index (χ2v) is 4.41. The van der Waals surface area contributed by atoms with Crippen molar-refractivity contribution >= 4 is 23.2 Å². The summed E-state index contributed by atoms with van der Waals surface area (Å²) in [7, 11) is 1.58. The summed E-state index contributed by atoms with van der Waals surface area (Å²) in [6.07, 6.45) is 4.19. The van der Waals surface area contributed by atoms with E-state index in [1.807, 2.05) is 12.1 Å². The van der Waals surface area contributed by atoms with Crippen LogP contribution in [0.25, 0.3) is 0 Å². The van der Waals surface area contributed by atoms with Crippen LogP contribution >= 0.6 is 23.2 Å². The number of aryl methyl sites for hydroxylation is 1. The average molecular weight is 262 g/mol. The maximum atomic E-state index is 6.15. The zero-order valence-electron chi connectivity index (χ0n) is 9.43. The van der Waals surface area contributed by atoms with Crippen molar-refractivity contribution in [2.24, 2.45) is 5.73 Å². The predicted octanol–water partition coefficient (Wildman–Crippen LogP) is 3.67. The molecule has 1 rings (SSSR count). The van der Waals surface area contributed by atoms with Crippen molar-refractivity contribution in [3.8, 4) is 5.75 Å². The van der Waals surface area contributed by atoms with Crippen LogP contribution < -0.4 is 10.5 Å². The molecule has 0 atom stereocenters. The molecule has 2 N–H and O–H groups in total. The van der Waals surface area contributed by atoms with Gasteiger partial charge in [-0.2, -0.15) is 0 Å². The molecule has 4 heteroatoms. The molecule has 0 aromatic heterocycles. The lowest BCUT2D eigenvalue weighted by Gasteiger charge is -2.09. The Kier molecular flexibility index (Phi) is 5.96. The van der Waals surface area contributed by atoms with E-state index in [4.69, 9.17) is 33.7 Å². The number of hydrogen-bond donors (Lipinski definition) is 1. The second-order valence-electron chi connectivity index (χ2n) is 3.65. The van der Waals surface area contributed by atoms with Crippen LogP contribution in [0.5, 0.6) is 5.75 Å². The molecule has 0 spiro atoms. The lowest BCUT2D eigenvalue weighted by atomic mass is 10.1. The van der Waals surface area contributed by atoms with Crippen LogP contribution in [0.1, 0.15) is 24.8 Å². The Balaban J connectivity index is 2.64. The summed E-state index contributed by atoms with van der Waals surface area (Å²) in [6, 6.07) is 3.82. The first-order valence-electron chi connectivity index (χ1n) is 5.41. The first kappa shape index (κ1) is 13.6. The highest BCUT2D eigenvalue weighted by molar-refractivity contribution is 6.43. The molecular weight excluding hydrogens is 245 g/mol. The maximum absolute atomic E-state index is 6.15. The van der Waals surface area contributed by atoms with Gasteiger partial charge in [0.15, 0.2) is 0 Å². The SMILES string of the molecule is COc1ccc(CCCCCN)c(Cl)c1Cl. The normalized spacial score (nSPS) is 10.5. The highest BCUT2D eigenvalue weighted by Gasteiger charge is 2.09. The Bertz CT molecular complexity index is 342. The smallest absolute Gasteiger partial charge is 0.138 e. The summed E-state index contributed by atoms with van der Waals surface area (Å²) in [6.45, 7) is 0.747. The van der Waals surface area contributed by atoms with E-state index in [9.17, 15) is 0 Å². The van der Waals surface area contributed by atoms with Gasteiger partial charge in [0.05, 0.1) is 12.1 Å². The number of nitrogens with two attached hydrogens (primary N) is 1. The summed E-state index contributed by atoms with van der Waals surface area (Å²) >= 11 is 12.2. The van der Waals surface area contributed by atoms with Crippen LogP contribution in [-0.4, -0.2) is 13.7 Å². The topological polar surface area (TPSA) is 35.2 Å². The molecule has 0 aliphatic carbocycles. The molecular formula is C12H17Cl2NO. The Labute approximate surface area is 107 Å². The Morgan fingerprint density at radius 2 is 1.88 bits per heavy atom. The summed E-state index contributed by atoms with van der Waals surface area (Å²) in [5, 5.41) is 1.11. The Hall–Kier alpha value is -0.440. The fraction of sp³-hybridized carbons (Fsp3) is 0.500. The summed E-state index contributed by atoms with van der Waals surface area (Å²) in [5.74, 6) is 0.623. The van der Waals surface area contributed by atoms with E-state index in [1.54, 1.807) is 7.11 Å². The van der Waals surface area contributed by atoms with Crippen molar-refractivity contribution in [2.45, 2.75) is 25.7 Å². The van der Waals surface area contributed by atoms with Crippen LogP contribution in [0.3, 0.4) is 0 Å². The highest BCUT2D eigenvalue weighted by Crippen LogP contribution is 2.35. The van der Waals surface area contributed by atoms with E-state index < -0.39 is 0 Å². The second kappa shape index (κ2) is 7.00. The van der Waals surface area contributed by atoms with E-state index in [1.165, 1.54) is 0 Å². The van der Waals surface area contributed by atoms with Gasteiger partial charge in [-0.3, -0.25) is 0 Å². The molecule has 0 saturated heterocycles. The third-order valence-corrected chi connectivity index (χ3v) is 3.40. The third-order valence-electron chi connectivity index (χ3n) is 2.50. The molecule has 0 fully saturated rings. The van der Waals surface area contributed by atoms with Crippen molar-refractivity contribution in [1.29, 1.82) is 0 Å². The molecule has 1 aromatic rings. The van der Waals surface area contributed by atoms with Crippen LogP contribution in [0, 0.1) is 0 Å². The van der Waals surface area contributed by atoms with Crippen molar-refractivity contribution in [1.82, 2.24) is 0 Å². The highest BCUT2D eigenvalue weighted by atomic mass is 35.5. The number of halogens is 2. The molecule has 0 saturated carbocycles. The van der Waals surface area contributed by atoms with Crippen LogP contribution in [0.4, 0.5) is 0 Å². The van der Waals surface area contributed by atoms with Crippen LogP contribution in [-0.2, 0) is 6.42 Å². The zero-order valence-corrected chi connectivity index (χ0v) is 10.9. The minimum atomic E-state index is 0.500. The average Bonchev–Trinajstić information content (AvgIpc) is 2.30. The van der Waals surface area contributed by atoms with E-state index in [0.29, 0.717) is 15.8 Å². The van der Waals surface area contributed by atoms with Crippen molar-refractivity contribution < 1.29 is 4.74 Å². The van der Waals surface area contributed by atoms with Gasteiger partial charge in [0, 0.05) is 0 Å². The third kappa shape index (κ3) is 3.55. The summed E-state index contributed by atoms with van der Waals surface area (Å²) < 4.78 is 5.09. The van der Waals surface area contributed by atoms with Crippen LogP contribution in [0.2, 0.25) is 10.0 Å². The fourth-order valence-corrected chi connectivity index (χ4v) is 2.07. The van der Waals surface area contributed by atoms with Gasteiger partial charge >= 0.3 is 0 Å². The van der Waals surface area contributed by atoms with Crippen molar-refractivity contribution in [2.75, 3.05) is 13.7 Å². The fourth-order valence-electron chi connectivity index (χ4n) is 1.56. The lowest BCUT2D eigenvalue weighted by Crippen LogP contribution is -1.98. The van der Waals surface area contributed by atoms with Gasteiger partial charge in [-0.1, -0.05) is 35.7 Å². The number of benzene rings is 1. The van der Waals surface area contributed by atoms with Crippen molar-refractivity contribution in [3.63, 3.8) is 0 Å². The van der Waals surface area contributed by atoms with Gasteiger partial charge in [-0.15, -0.1) is 0 Å². The first-order valence-corrected chi connectivity index (χ1v) is 6.17. The van der Waals surface area contributed by atoms with Gasteiger partial charge in [-0.05, 0) is 37.4 Å². The zero-order chi connectivity index (χ0) is 12.0. The summed E-state index contributed by atoms with van der Waals surface area (Å²) in [5.41, 5.74) is 6.51. The predicted molar refractivity (Wildman–Crippen MR) is 69.6 cm³/mol. The Morgan fingerprint density at radius 3 is 2.50 bits per heavy atom. The van der Waals surface area contributed by atoms with Gasteiger partial charge in [0.25, 0.3) is 0 Å².